The van der Waals surface area contributed by atoms with Crippen molar-refractivity contribution in [3.63, 3.8) is 0 Å². The number of rotatable bonds is 2. The molecule has 0 aliphatic heterocycles. The molecule has 0 bridgehead atoms. The van der Waals surface area contributed by atoms with Crippen molar-refractivity contribution in [1.29, 1.82) is 0 Å². The standard InChI is InChI=1S/C22H28O3S/c1-13(23)25-16-5-7-17-15(12-16)4-6-19-18(17)10-11-22(3)20(19)8-9-21(22)26-14(2)24/h5,7,12,18-21H,4,6,8-11H2,1-3H3/t18-,19+,20-,21+,22-/m1/s1. The lowest BCUT2D eigenvalue weighted by molar-refractivity contribution is -0.131. The van der Waals surface area contributed by atoms with Gasteiger partial charge in [-0.1, -0.05) is 24.8 Å². The Bertz CT molecular complexity index is 743. The molecular weight excluding hydrogens is 344 g/mol. The van der Waals surface area contributed by atoms with Gasteiger partial charge in [0.05, 0.1) is 0 Å². The summed E-state index contributed by atoms with van der Waals surface area (Å²) in [6.45, 7) is 5.61. The zero-order valence-electron chi connectivity index (χ0n) is 15.9. The van der Waals surface area contributed by atoms with Gasteiger partial charge in [0.2, 0.25) is 0 Å². The van der Waals surface area contributed by atoms with Gasteiger partial charge in [-0.15, -0.1) is 0 Å². The van der Waals surface area contributed by atoms with Crippen LogP contribution in [-0.2, 0) is 16.0 Å². The first-order valence-electron chi connectivity index (χ1n) is 9.87. The number of benzene rings is 1. The highest BCUT2D eigenvalue weighted by Crippen LogP contribution is 2.63. The zero-order valence-corrected chi connectivity index (χ0v) is 16.7. The number of ether oxygens (including phenoxy) is 1. The number of thioether (sulfide) groups is 1. The van der Waals surface area contributed by atoms with E-state index in [1.165, 1.54) is 50.2 Å². The van der Waals surface area contributed by atoms with Gasteiger partial charge in [0, 0.05) is 19.1 Å². The first-order chi connectivity index (χ1) is 12.4. The maximum absolute atomic E-state index is 11.7. The first-order valence-corrected chi connectivity index (χ1v) is 10.7. The van der Waals surface area contributed by atoms with E-state index in [1.54, 1.807) is 18.7 Å². The quantitative estimate of drug-likeness (QED) is 0.534. The maximum Gasteiger partial charge on any atom is 0.308 e. The molecule has 2 fully saturated rings. The summed E-state index contributed by atoms with van der Waals surface area (Å²) in [7, 11) is 0. The van der Waals surface area contributed by atoms with Gasteiger partial charge in [-0.3, -0.25) is 9.59 Å². The van der Waals surface area contributed by atoms with E-state index in [9.17, 15) is 9.59 Å². The van der Waals surface area contributed by atoms with E-state index in [0.717, 1.165) is 18.3 Å². The molecule has 4 rings (SSSR count). The van der Waals surface area contributed by atoms with Crippen molar-refractivity contribution < 1.29 is 14.3 Å². The Morgan fingerprint density at radius 3 is 2.69 bits per heavy atom. The average Bonchev–Trinajstić information content (AvgIpc) is 2.90. The fraction of sp³-hybridized carbons (Fsp3) is 0.636. The van der Waals surface area contributed by atoms with Crippen LogP contribution in [0.5, 0.6) is 5.75 Å². The Hall–Kier alpha value is -1.29. The van der Waals surface area contributed by atoms with Crippen molar-refractivity contribution in [2.45, 2.75) is 70.5 Å². The fourth-order valence-corrected chi connectivity index (χ4v) is 7.35. The second kappa shape index (κ2) is 6.70. The van der Waals surface area contributed by atoms with Crippen LogP contribution in [0, 0.1) is 17.3 Å². The van der Waals surface area contributed by atoms with Crippen molar-refractivity contribution >= 4 is 22.8 Å². The Morgan fingerprint density at radius 1 is 1.15 bits per heavy atom. The summed E-state index contributed by atoms with van der Waals surface area (Å²) in [5.74, 6) is 2.52. The molecule has 0 heterocycles. The lowest BCUT2D eigenvalue weighted by Gasteiger charge is -2.50. The second-order valence-electron chi connectivity index (χ2n) is 8.59. The van der Waals surface area contributed by atoms with Crippen LogP contribution in [-0.4, -0.2) is 16.3 Å². The molecule has 0 saturated heterocycles. The number of fused-ring (bicyclic) bond motifs is 5. The molecule has 3 nitrogen and oxygen atoms in total. The van der Waals surface area contributed by atoms with Gasteiger partial charge in [-0.05, 0) is 85.0 Å². The molecule has 4 heteroatoms. The molecule has 3 aliphatic carbocycles. The van der Waals surface area contributed by atoms with Crippen LogP contribution in [0.25, 0.3) is 0 Å². The number of carbonyl (C=O) groups is 2. The smallest absolute Gasteiger partial charge is 0.308 e. The molecule has 0 N–H and O–H groups in total. The van der Waals surface area contributed by atoms with E-state index in [4.69, 9.17) is 4.74 Å². The lowest BCUT2D eigenvalue weighted by Crippen LogP contribution is -2.43. The molecule has 0 amide bonds. The highest BCUT2D eigenvalue weighted by molar-refractivity contribution is 8.14. The molecule has 26 heavy (non-hydrogen) atoms. The molecule has 0 spiro atoms. The Morgan fingerprint density at radius 2 is 1.96 bits per heavy atom. The Balaban J connectivity index is 1.58. The Kier molecular flexibility index (Phi) is 4.66. The van der Waals surface area contributed by atoms with Gasteiger partial charge in [0.1, 0.15) is 5.75 Å². The average molecular weight is 373 g/mol. The van der Waals surface area contributed by atoms with Gasteiger partial charge in [0.15, 0.2) is 5.12 Å². The number of hydrogen-bond acceptors (Lipinski definition) is 4. The lowest BCUT2D eigenvalue weighted by atomic mass is 9.56. The summed E-state index contributed by atoms with van der Waals surface area (Å²) >= 11 is 1.59. The van der Waals surface area contributed by atoms with E-state index < -0.39 is 0 Å². The van der Waals surface area contributed by atoms with Crippen molar-refractivity contribution in [3.8, 4) is 5.75 Å². The third-order valence-electron chi connectivity index (χ3n) is 7.18. The third kappa shape index (κ3) is 3.00. The minimum Gasteiger partial charge on any atom is -0.427 e. The summed E-state index contributed by atoms with van der Waals surface area (Å²) < 4.78 is 5.28. The van der Waals surface area contributed by atoms with Gasteiger partial charge >= 0.3 is 5.97 Å². The number of carbonyl (C=O) groups excluding carboxylic acids is 2. The molecule has 3 aliphatic rings. The van der Waals surface area contributed by atoms with Gasteiger partial charge in [-0.25, -0.2) is 0 Å². The van der Waals surface area contributed by atoms with E-state index in [2.05, 4.69) is 19.1 Å². The topological polar surface area (TPSA) is 43.4 Å². The van der Waals surface area contributed by atoms with Crippen LogP contribution >= 0.6 is 11.8 Å². The summed E-state index contributed by atoms with van der Waals surface area (Å²) in [4.78, 5) is 22.9. The second-order valence-corrected chi connectivity index (χ2v) is 9.97. The molecule has 1 aromatic carbocycles. The normalized spacial score (nSPS) is 35.2. The maximum atomic E-state index is 11.7. The van der Waals surface area contributed by atoms with E-state index in [1.807, 2.05) is 6.07 Å². The van der Waals surface area contributed by atoms with Crippen LogP contribution in [0.4, 0.5) is 0 Å². The van der Waals surface area contributed by atoms with Crippen molar-refractivity contribution in [3.05, 3.63) is 29.3 Å². The van der Waals surface area contributed by atoms with Gasteiger partial charge in [0.25, 0.3) is 0 Å². The number of hydrogen-bond donors (Lipinski definition) is 0. The van der Waals surface area contributed by atoms with Crippen molar-refractivity contribution in [2.24, 2.45) is 17.3 Å². The molecule has 1 aromatic rings. The van der Waals surface area contributed by atoms with E-state index >= 15 is 0 Å². The molecule has 5 atom stereocenters. The monoisotopic (exact) mass is 372 g/mol. The van der Waals surface area contributed by atoms with Crippen LogP contribution in [0.1, 0.15) is 69.9 Å². The Labute approximate surface area is 160 Å². The summed E-state index contributed by atoms with van der Waals surface area (Å²) in [5.41, 5.74) is 3.15. The van der Waals surface area contributed by atoms with Crippen LogP contribution in [0.2, 0.25) is 0 Å². The molecule has 0 unspecified atom stereocenters. The SMILES string of the molecule is CC(=O)Oc1ccc2c(c1)CC[C@H]1[C@@H]2CC[C@@]2(C)[C@@H](SC(C)=O)CC[C@H]12. The number of aryl methyl sites for hydroxylation is 1. The minimum atomic E-state index is -0.257. The molecule has 0 radical (unpaired) electrons. The minimum absolute atomic E-state index is 0.257. The summed E-state index contributed by atoms with van der Waals surface area (Å²) in [6.07, 6.45) is 7.18. The molecule has 0 aromatic heterocycles. The van der Waals surface area contributed by atoms with Gasteiger partial charge < -0.3 is 4.74 Å². The van der Waals surface area contributed by atoms with Crippen molar-refractivity contribution in [2.75, 3.05) is 0 Å². The molecular formula is C22H28O3S. The molecule has 2 saturated carbocycles. The van der Waals surface area contributed by atoms with E-state index in [-0.39, 0.29) is 11.1 Å². The zero-order chi connectivity index (χ0) is 18.5. The fourth-order valence-electron chi connectivity index (χ4n) is 6.13. The van der Waals surface area contributed by atoms with Crippen molar-refractivity contribution in [1.82, 2.24) is 0 Å². The highest BCUT2D eigenvalue weighted by atomic mass is 32.2. The first kappa shape index (κ1) is 18.1. The highest BCUT2D eigenvalue weighted by Gasteiger charge is 2.55. The third-order valence-corrected chi connectivity index (χ3v) is 8.57. The predicted molar refractivity (Wildman–Crippen MR) is 104 cm³/mol. The number of esters is 1. The van der Waals surface area contributed by atoms with Crippen LogP contribution in [0.15, 0.2) is 18.2 Å². The van der Waals surface area contributed by atoms with Gasteiger partial charge in [-0.2, -0.15) is 0 Å². The predicted octanol–water partition coefficient (Wildman–Crippen LogP) is 5.12. The molecule has 140 valence electrons. The van der Waals surface area contributed by atoms with E-state index in [0.29, 0.717) is 22.3 Å². The van der Waals surface area contributed by atoms with Crippen LogP contribution < -0.4 is 4.74 Å². The largest absolute Gasteiger partial charge is 0.427 e. The summed E-state index contributed by atoms with van der Waals surface area (Å²) in [6, 6.07) is 6.23. The summed E-state index contributed by atoms with van der Waals surface area (Å²) in [5, 5.41) is 0.768. The van der Waals surface area contributed by atoms with Crippen LogP contribution in [0.3, 0.4) is 0 Å².